The van der Waals surface area contributed by atoms with E-state index in [4.69, 9.17) is 4.74 Å². The zero-order chi connectivity index (χ0) is 18.6. The van der Waals surface area contributed by atoms with E-state index in [2.05, 4.69) is 16.9 Å². The highest BCUT2D eigenvalue weighted by Crippen LogP contribution is 2.17. The van der Waals surface area contributed by atoms with Crippen LogP contribution in [0.4, 0.5) is 9.93 Å². The monoisotopic (exact) mass is 366 g/mol. The van der Waals surface area contributed by atoms with Gasteiger partial charge in [-0.15, -0.1) is 17.9 Å². The molecule has 1 N–H and O–H groups in total. The molecule has 5 amide bonds. The average Bonchev–Trinajstić information content (AvgIpc) is 3.10. The van der Waals surface area contributed by atoms with Gasteiger partial charge in [-0.1, -0.05) is 6.08 Å². The fourth-order valence-electron chi connectivity index (χ4n) is 1.91. The van der Waals surface area contributed by atoms with Crippen molar-refractivity contribution in [1.82, 2.24) is 14.8 Å². The molecule has 2 rings (SSSR count). The van der Waals surface area contributed by atoms with Crippen LogP contribution in [0.1, 0.15) is 17.4 Å². The van der Waals surface area contributed by atoms with Gasteiger partial charge in [0.25, 0.3) is 0 Å². The number of nitrogens with zero attached hydrogens (tertiary/aromatic N) is 3. The molecule has 0 aromatic carbocycles. The molecule has 10 nitrogen and oxygen atoms in total. The van der Waals surface area contributed by atoms with Crippen molar-refractivity contribution in [1.29, 1.82) is 0 Å². The lowest BCUT2D eigenvalue weighted by atomic mass is 10.4. The number of amides is 5. The summed E-state index contributed by atoms with van der Waals surface area (Å²) in [5, 5.41) is 3.85. The number of esters is 1. The van der Waals surface area contributed by atoms with Crippen molar-refractivity contribution >= 4 is 46.2 Å². The standard InChI is InChI=1S/C14H14N4O6S/c1-3-5-17-10(20)11(21)18(14(17)23)6-9(19)16-13-15-8(7-25-13)12(22)24-4-2/h3,7H,1,4-6H2,2H3,(H,15,16,19). The van der Waals surface area contributed by atoms with Gasteiger partial charge in [0.1, 0.15) is 6.54 Å². The number of ether oxygens (including phenoxy) is 1. The summed E-state index contributed by atoms with van der Waals surface area (Å²) in [6.07, 6.45) is 1.29. The quantitative estimate of drug-likeness (QED) is 0.317. The van der Waals surface area contributed by atoms with Gasteiger partial charge < -0.3 is 10.1 Å². The number of hydrogen-bond acceptors (Lipinski definition) is 8. The highest BCUT2D eigenvalue weighted by molar-refractivity contribution is 7.14. The van der Waals surface area contributed by atoms with Gasteiger partial charge >= 0.3 is 23.8 Å². The Labute approximate surface area is 146 Å². The lowest BCUT2D eigenvalue weighted by molar-refractivity contribution is -0.143. The van der Waals surface area contributed by atoms with Gasteiger partial charge in [-0.05, 0) is 6.92 Å². The molecule has 0 unspecified atom stereocenters. The second-order valence-corrected chi connectivity index (χ2v) is 5.54. The van der Waals surface area contributed by atoms with E-state index in [0.29, 0.717) is 9.80 Å². The molecule has 1 aromatic rings. The van der Waals surface area contributed by atoms with Crippen molar-refractivity contribution in [3.05, 3.63) is 23.7 Å². The minimum atomic E-state index is -1.09. The van der Waals surface area contributed by atoms with Gasteiger partial charge in [-0.25, -0.2) is 19.5 Å². The predicted octanol–water partition coefficient (Wildman–Crippen LogP) is 0.235. The maximum atomic E-state index is 12.0. The van der Waals surface area contributed by atoms with Gasteiger partial charge in [0.05, 0.1) is 6.61 Å². The topological polar surface area (TPSA) is 126 Å². The van der Waals surface area contributed by atoms with Crippen molar-refractivity contribution in [3.8, 4) is 0 Å². The molecule has 25 heavy (non-hydrogen) atoms. The van der Waals surface area contributed by atoms with Crippen LogP contribution in [0.15, 0.2) is 18.0 Å². The number of carbonyl (C=O) groups excluding carboxylic acids is 5. The Morgan fingerprint density at radius 1 is 1.32 bits per heavy atom. The summed E-state index contributed by atoms with van der Waals surface area (Å²) in [6.45, 7) is 4.45. The van der Waals surface area contributed by atoms with Crippen molar-refractivity contribution in [2.75, 3.05) is 25.0 Å². The first-order chi connectivity index (χ1) is 11.9. The van der Waals surface area contributed by atoms with Crippen LogP contribution in [0.2, 0.25) is 0 Å². The Balaban J connectivity index is 2.00. The number of urea groups is 1. The smallest absolute Gasteiger partial charge is 0.357 e. The maximum absolute atomic E-state index is 12.0. The fourth-order valence-corrected chi connectivity index (χ4v) is 2.61. The lowest BCUT2D eigenvalue weighted by Crippen LogP contribution is -2.39. The van der Waals surface area contributed by atoms with Crippen molar-refractivity contribution in [2.24, 2.45) is 0 Å². The van der Waals surface area contributed by atoms with Gasteiger partial charge in [0.2, 0.25) is 5.91 Å². The average molecular weight is 366 g/mol. The van der Waals surface area contributed by atoms with Crippen molar-refractivity contribution in [2.45, 2.75) is 6.92 Å². The summed E-state index contributed by atoms with van der Waals surface area (Å²) in [4.78, 5) is 64.0. The number of hydrogen-bond donors (Lipinski definition) is 1. The molecule has 0 saturated carbocycles. The van der Waals surface area contributed by atoms with Gasteiger partial charge in [0, 0.05) is 11.9 Å². The van der Waals surface area contributed by atoms with E-state index in [1.54, 1.807) is 6.92 Å². The molecule has 0 radical (unpaired) electrons. The molecular formula is C14H14N4O6S. The molecule has 2 heterocycles. The molecular weight excluding hydrogens is 352 g/mol. The second kappa shape index (κ2) is 7.66. The van der Waals surface area contributed by atoms with E-state index < -0.39 is 36.3 Å². The van der Waals surface area contributed by atoms with E-state index in [0.717, 1.165) is 11.3 Å². The number of thiazole rings is 1. The number of anilines is 1. The SMILES string of the molecule is C=CCN1C(=O)C(=O)N(CC(=O)Nc2nc(C(=O)OCC)cs2)C1=O. The van der Waals surface area contributed by atoms with Crippen LogP contribution in [0, 0.1) is 0 Å². The first-order valence-electron chi connectivity index (χ1n) is 7.09. The summed E-state index contributed by atoms with van der Waals surface area (Å²) < 4.78 is 4.77. The normalized spacial score (nSPS) is 14.0. The molecule has 0 aliphatic carbocycles. The van der Waals surface area contributed by atoms with E-state index in [1.165, 1.54) is 11.5 Å². The molecule has 1 aromatic heterocycles. The van der Waals surface area contributed by atoms with Crippen LogP contribution < -0.4 is 5.32 Å². The van der Waals surface area contributed by atoms with Crippen LogP contribution in [0.25, 0.3) is 0 Å². The number of nitrogens with one attached hydrogen (secondary N) is 1. The fraction of sp³-hybridized carbons (Fsp3) is 0.286. The number of imide groups is 2. The molecule has 11 heteroatoms. The Bertz CT molecular complexity index is 758. The van der Waals surface area contributed by atoms with Crippen LogP contribution >= 0.6 is 11.3 Å². The molecule has 1 fully saturated rings. The molecule has 1 aliphatic rings. The zero-order valence-corrected chi connectivity index (χ0v) is 14.0. The predicted molar refractivity (Wildman–Crippen MR) is 85.7 cm³/mol. The molecule has 132 valence electrons. The second-order valence-electron chi connectivity index (χ2n) is 4.68. The molecule has 1 saturated heterocycles. The Kier molecular flexibility index (Phi) is 5.60. The van der Waals surface area contributed by atoms with Crippen LogP contribution in [-0.4, -0.2) is 64.2 Å². The van der Waals surface area contributed by atoms with Crippen LogP contribution in [0.3, 0.4) is 0 Å². The summed E-state index contributed by atoms with van der Waals surface area (Å²) in [6, 6.07) is -0.892. The Morgan fingerprint density at radius 3 is 2.64 bits per heavy atom. The third-order valence-corrected chi connectivity index (χ3v) is 3.74. The molecule has 0 spiro atoms. The van der Waals surface area contributed by atoms with Crippen molar-refractivity contribution in [3.63, 3.8) is 0 Å². The van der Waals surface area contributed by atoms with Gasteiger partial charge in [0.15, 0.2) is 10.8 Å². The van der Waals surface area contributed by atoms with Gasteiger partial charge in [-0.3, -0.25) is 19.3 Å². The molecule has 0 bridgehead atoms. The van der Waals surface area contributed by atoms with E-state index in [1.807, 2.05) is 0 Å². The maximum Gasteiger partial charge on any atom is 0.357 e. The number of carbonyl (C=O) groups is 5. The minimum absolute atomic E-state index is 0.0304. The summed E-state index contributed by atoms with van der Waals surface area (Å²) in [7, 11) is 0. The third kappa shape index (κ3) is 3.88. The van der Waals surface area contributed by atoms with E-state index in [9.17, 15) is 24.0 Å². The Morgan fingerprint density at radius 2 is 2.00 bits per heavy atom. The molecule has 0 atom stereocenters. The van der Waals surface area contributed by atoms with E-state index in [-0.39, 0.29) is 24.0 Å². The molecule has 1 aliphatic heterocycles. The number of aromatic nitrogens is 1. The highest BCUT2D eigenvalue weighted by atomic mass is 32.1. The highest BCUT2D eigenvalue weighted by Gasteiger charge is 2.44. The summed E-state index contributed by atoms with van der Waals surface area (Å²) >= 11 is 0.978. The largest absolute Gasteiger partial charge is 0.461 e. The van der Waals surface area contributed by atoms with Crippen molar-refractivity contribution < 1.29 is 28.7 Å². The van der Waals surface area contributed by atoms with Gasteiger partial charge in [-0.2, -0.15) is 0 Å². The summed E-state index contributed by atoms with van der Waals surface area (Å²) in [5.41, 5.74) is 0.0304. The minimum Gasteiger partial charge on any atom is -0.461 e. The Hall–Kier alpha value is -3.08. The first kappa shape index (κ1) is 18.3. The van der Waals surface area contributed by atoms with Crippen LogP contribution in [0.5, 0.6) is 0 Å². The number of rotatable bonds is 7. The first-order valence-corrected chi connectivity index (χ1v) is 7.97. The van der Waals surface area contributed by atoms with Crippen LogP contribution in [-0.2, 0) is 19.1 Å². The summed E-state index contributed by atoms with van der Waals surface area (Å²) in [5.74, 6) is -3.47. The van der Waals surface area contributed by atoms with E-state index >= 15 is 0 Å². The zero-order valence-electron chi connectivity index (χ0n) is 13.2. The third-order valence-electron chi connectivity index (χ3n) is 2.98. The lowest BCUT2D eigenvalue weighted by Gasteiger charge is -2.13.